The molecular weight excluding hydrogens is 240 g/mol. The van der Waals surface area contributed by atoms with Gasteiger partial charge in [-0.2, -0.15) is 0 Å². The average molecular weight is 267 g/mol. The van der Waals surface area contributed by atoms with Crippen LogP contribution in [0.3, 0.4) is 0 Å². The van der Waals surface area contributed by atoms with E-state index in [0.29, 0.717) is 0 Å². The summed E-state index contributed by atoms with van der Waals surface area (Å²) < 4.78 is 0. The fourth-order valence-corrected chi connectivity index (χ4v) is 5.34. The lowest BCUT2D eigenvalue weighted by atomic mass is 10.1. The van der Waals surface area contributed by atoms with Crippen molar-refractivity contribution in [3.8, 4) is 0 Å². The molecule has 0 bridgehead atoms. The van der Waals surface area contributed by atoms with Crippen LogP contribution in [0, 0.1) is 0 Å². The highest BCUT2D eigenvalue weighted by atomic mass is 33.5. The van der Waals surface area contributed by atoms with Gasteiger partial charge in [0.15, 0.2) is 0 Å². The predicted octanol–water partition coefficient (Wildman–Crippen LogP) is 6.18. The Morgan fingerprint density at radius 3 is 1.80 bits per heavy atom. The predicted molar refractivity (Wildman–Crippen MR) is 80.8 cm³/mol. The molecule has 0 fully saturated rings. The molecule has 0 saturated heterocycles. The minimum Gasteiger partial charge on any atom is -0.0826 e. The Labute approximate surface area is 108 Å². The van der Waals surface area contributed by atoms with Crippen molar-refractivity contribution in [2.24, 2.45) is 0 Å². The molecule has 0 heterocycles. The number of hydrogen-bond acceptors (Lipinski definition) is 3. The zero-order chi connectivity index (χ0) is 11.2. The Balaban J connectivity index is 2.81. The number of hydrogen-bond donors (Lipinski definition) is 0. The third-order valence-electron chi connectivity index (χ3n) is 2.26. The summed E-state index contributed by atoms with van der Waals surface area (Å²) in [5.74, 6) is 2.67. The molecule has 0 atom stereocenters. The first kappa shape index (κ1) is 16.1. The molecule has 0 aromatic carbocycles. The van der Waals surface area contributed by atoms with Gasteiger partial charge in [0.2, 0.25) is 0 Å². The van der Waals surface area contributed by atoms with Crippen molar-refractivity contribution in [3.63, 3.8) is 0 Å². The maximum Gasteiger partial charge on any atom is 0.00451 e. The number of rotatable bonds is 12. The van der Waals surface area contributed by atoms with Gasteiger partial charge in [-0.15, -0.1) is 0 Å². The van der Waals surface area contributed by atoms with Gasteiger partial charge in [0, 0.05) is 11.5 Å². The van der Waals surface area contributed by atoms with Crippen LogP contribution >= 0.6 is 31.4 Å². The molecule has 92 valence electrons. The number of unbranched alkanes of at least 4 members (excludes halogenated alkanes) is 6. The average Bonchev–Trinajstić information content (AvgIpc) is 2.26. The van der Waals surface area contributed by atoms with Crippen LogP contribution in [0.15, 0.2) is 0 Å². The summed E-state index contributed by atoms with van der Waals surface area (Å²) in [5, 5.41) is 0. The van der Waals surface area contributed by atoms with E-state index in [4.69, 9.17) is 0 Å². The quantitative estimate of drug-likeness (QED) is 0.306. The Bertz CT molecular complexity index is 95.0. The molecule has 0 aliphatic heterocycles. The second kappa shape index (κ2) is 15.0. The fraction of sp³-hybridized carbons (Fsp3) is 1.00. The van der Waals surface area contributed by atoms with Crippen LogP contribution in [0.1, 0.15) is 65.2 Å². The van der Waals surface area contributed by atoms with E-state index < -0.39 is 0 Å². The third kappa shape index (κ3) is 15.1. The third-order valence-corrected chi connectivity index (χ3v) is 6.67. The summed E-state index contributed by atoms with van der Waals surface area (Å²) in [6.07, 6.45) is 11.2. The van der Waals surface area contributed by atoms with E-state index >= 15 is 0 Å². The van der Waals surface area contributed by atoms with Crippen LogP contribution in [0.5, 0.6) is 0 Å². The molecule has 0 N–H and O–H groups in total. The van der Waals surface area contributed by atoms with Crippen LogP contribution < -0.4 is 0 Å². The summed E-state index contributed by atoms with van der Waals surface area (Å²) in [6.45, 7) is 4.54. The Hall–Kier alpha value is 1.05. The van der Waals surface area contributed by atoms with Gasteiger partial charge in [-0.05, 0) is 22.7 Å². The SMILES string of the molecule is CCCCCCCCSSSCCCC. The molecule has 0 amide bonds. The van der Waals surface area contributed by atoms with E-state index in [-0.39, 0.29) is 0 Å². The minimum absolute atomic E-state index is 1.32. The van der Waals surface area contributed by atoms with Crippen LogP contribution in [0.2, 0.25) is 0 Å². The molecule has 0 rings (SSSR count). The van der Waals surface area contributed by atoms with Crippen LogP contribution in [0.25, 0.3) is 0 Å². The van der Waals surface area contributed by atoms with E-state index in [2.05, 4.69) is 13.8 Å². The van der Waals surface area contributed by atoms with E-state index in [1.165, 1.54) is 62.9 Å². The topological polar surface area (TPSA) is 0 Å². The van der Waals surface area contributed by atoms with Gasteiger partial charge in [0.05, 0.1) is 0 Å². The molecule has 0 nitrogen and oxygen atoms in total. The highest BCUT2D eigenvalue weighted by molar-refractivity contribution is 9.09. The van der Waals surface area contributed by atoms with Crippen molar-refractivity contribution in [1.29, 1.82) is 0 Å². The Kier molecular flexibility index (Phi) is 16.1. The highest BCUT2D eigenvalue weighted by Crippen LogP contribution is 2.35. The molecule has 0 spiro atoms. The lowest BCUT2D eigenvalue weighted by Gasteiger charge is -2.01. The largest absolute Gasteiger partial charge is 0.0826 e. The van der Waals surface area contributed by atoms with Crippen molar-refractivity contribution in [2.75, 3.05) is 11.5 Å². The summed E-state index contributed by atoms with van der Waals surface area (Å²) in [5.41, 5.74) is 0. The van der Waals surface area contributed by atoms with Gasteiger partial charge in [-0.1, -0.05) is 74.0 Å². The van der Waals surface area contributed by atoms with Gasteiger partial charge in [0.1, 0.15) is 0 Å². The van der Waals surface area contributed by atoms with Gasteiger partial charge < -0.3 is 0 Å². The van der Waals surface area contributed by atoms with Crippen LogP contribution in [0.4, 0.5) is 0 Å². The molecule has 0 aliphatic rings. The monoisotopic (exact) mass is 266 g/mol. The summed E-state index contributed by atoms with van der Waals surface area (Å²) >= 11 is 0. The summed E-state index contributed by atoms with van der Waals surface area (Å²) in [6, 6.07) is 0. The van der Waals surface area contributed by atoms with Crippen molar-refractivity contribution in [3.05, 3.63) is 0 Å². The van der Waals surface area contributed by atoms with E-state index in [0.717, 1.165) is 0 Å². The second-order valence-electron chi connectivity index (χ2n) is 3.83. The summed E-state index contributed by atoms with van der Waals surface area (Å²) in [7, 11) is 6.07. The molecule has 0 aliphatic carbocycles. The molecular formula is C12H26S3. The van der Waals surface area contributed by atoms with Gasteiger partial charge >= 0.3 is 0 Å². The summed E-state index contributed by atoms with van der Waals surface area (Å²) in [4.78, 5) is 0. The first-order valence-electron chi connectivity index (χ1n) is 6.32. The van der Waals surface area contributed by atoms with Gasteiger partial charge in [0.25, 0.3) is 0 Å². The molecule has 15 heavy (non-hydrogen) atoms. The van der Waals surface area contributed by atoms with Crippen molar-refractivity contribution >= 4 is 31.4 Å². The minimum atomic E-state index is 1.32. The zero-order valence-corrected chi connectivity index (χ0v) is 12.7. The van der Waals surface area contributed by atoms with E-state index in [1.807, 2.05) is 31.4 Å². The molecule has 3 heteroatoms. The standard InChI is InChI=1S/C12H26S3/c1-3-5-7-8-9-10-12-14-15-13-11-6-4-2/h3-12H2,1-2H3. The van der Waals surface area contributed by atoms with Crippen molar-refractivity contribution < 1.29 is 0 Å². The van der Waals surface area contributed by atoms with E-state index in [9.17, 15) is 0 Å². The van der Waals surface area contributed by atoms with Gasteiger partial charge in [-0.3, -0.25) is 0 Å². The molecule has 0 saturated carbocycles. The van der Waals surface area contributed by atoms with Gasteiger partial charge in [-0.25, -0.2) is 0 Å². The first-order valence-corrected chi connectivity index (χ1v) is 10.1. The molecule has 0 radical (unpaired) electrons. The highest BCUT2D eigenvalue weighted by Gasteiger charge is 1.93. The maximum atomic E-state index is 2.28. The van der Waals surface area contributed by atoms with Crippen LogP contribution in [-0.4, -0.2) is 11.5 Å². The lowest BCUT2D eigenvalue weighted by Crippen LogP contribution is -1.80. The Morgan fingerprint density at radius 2 is 1.13 bits per heavy atom. The fourth-order valence-electron chi connectivity index (χ4n) is 1.25. The maximum absolute atomic E-state index is 2.28. The Morgan fingerprint density at radius 1 is 0.600 bits per heavy atom. The second-order valence-corrected chi connectivity index (χ2v) is 8.30. The molecule has 0 aromatic heterocycles. The zero-order valence-electron chi connectivity index (χ0n) is 10.3. The normalized spacial score (nSPS) is 10.8. The first-order chi connectivity index (χ1) is 7.41. The molecule has 0 unspecified atom stereocenters. The smallest absolute Gasteiger partial charge is 0.00451 e. The van der Waals surface area contributed by atoms with Crippen molar-refractivity contribution in [2.45, 2.75) is 65.2 Å². The van der Waals surface area contributed by atoms with Crippen molar-refractivity contribution in [1.82, 2.24) is 0 Å². The molecule has 0 aromatic rings. The van der Waals surface area contributed by atoms with E-state index in [1.54, 1.807) is 0 Å². The lowest BCUT2D eigenvalue weighted by molar-refractivity contribution is 0.627. The van der Waals surface area contributed by atoms with Crippen LogP contribution in [-0.2, 0) is 0 Å².